The van der Waals surface area contributed by atoms with Gasteiger partial charge in [-0.05, 0) is 49.1 Å². The fraction of sp³-hybridized carbons (Fsp3) is 0.250. The molecule has 0 radical (unpaired) electrons. The first-order chi connectivity index (χ1) is 14.2. The van der Waals surface area contributed by atoms with Crippen molar-refractivity contribution in [3.8, 4) is 5.75 Å². The number of carbonyl (C=O) groups excluding carboxylic acids is 2. The lowest BCUT2D eigenvalue weighted by molar-refractivity contribution is -0.120. The van der Waals surface area contributed by atoms with E-state index in [2.05, 4.69) is 0 Å². The normalized spacial score (nSPS) is 13.7. The third-order valence-corrected chi connectivity index (χ3v) is 5.26. The van der Waals surface area contributed by atoms with Crippen molar-refractivity contribution in [2.45, 2.75) is 19.8 Å². The molecule has 1 saturated heterocycles. The molecule has 29 heavy (non-hydrogen) atoms. The molecule has 5 heteroatoms. The van der Waals surface area contributed by atoms with Crippen LogP contribution in [0.5, 0.6) is 5.75 Å². The molecule has 0 atom stereocenters. The largest absolute Gasteiger partial charge is 0.484 e. The SMILES string of the molecule is CCN(C(=O)COc1ccc(N2CCCC2=O)cc1)c1cccc2ccccc12. The van der Waals surface area contributed by atoms with Crippen LogP contribution < -0.4 is 14.5 Å². The van der Waals surface area contributed by atoms with Gasteiger partial charge in [0, 0.05) is 30.6 Å². The predicted molar refractivity (Wildman–Crippen MR) is 115 cm³/mol. The van der Waals surface area contributed by atoms with Crippen molar-refractivity contribution in [3.63, 3.8) is 0 Å². The van der Waals surface area contributed by atoms with Gasteiger partial charge in [-0.15, -0.1) is 0 Å². The first-order valence-corrected chi connectivity index (χ1v) is 9.98. The second-order valence-electron chi connectivity index (χ2n) is 7.07. The summed E-state index contributed by atoms with van der Waals surface area (Å²) in [6.07, 6.45) is 1.50. The third kappa shape index (κ3) is 3.94. The Hall–Kier alpha value is -3.34. The lowest BCUT2D eigenvalue weighted by Gasteiger charge is -2.23. The molecule has 0 N–H and O–H groups in total. The minimum Gasteiger partial charge on any atom is -0.484 e. The molecule has 148 valence electrons. The van der Waals surface area contributed by atoms with Gasteiger partial charge in [-0.1, -0.05) is 36.4 Å². The summed E-state index contributed by atoms with van der Waals surface area (Å²) in [6, 6.07) is 21.4. The van der Waals surface area contributed by atoms with Crippen LogP contribution in [0.4, 0.5) is 11.4 Å². The summed E-state index contributed by atoms with van der Waals surface area (Å²) in [5.74, 6) is 0.674. The van der Waals surface area contributed by atoms with Gasteiger partial charge in [-0.3, -0.25) is 9.59 Å². The molecule has 3 aromatic carbocycles. The molecule has 1 aliphatic heterocycles. The molecule has 0 unspecified atom stereocenters. The van der Waals surface area contributed by atoms with Gasteiger partial charge in [0.1, 0.15) is 5.75 Å². The minimum atomic E-state index is -0.0948. The Bertz CT molecular complexity index is 1020. The number of hydrogen-bond donors (Lipinski definition) is 0. The molecule has 5 nitrogen and oxygen atoms in total. The van der Waals surface area contributed by atoms with Crippen LogP contribution in [-0.2, 0) is 9.59 Å². The molecule has 1 heterocycles. The zero-order valence-electron chi connectivity index (χ0n) is 16.5. The maximum atomic E-state index is 12.9. The van der Waals surface area contributed by atoms with Crippen LogP contribution in [0.25, 0.3) is 10.8 Å². The molecule has 0 saturated carbocycles. The molecule has 0 aromatic heterocycles. The number of likely N-dealkylation sites (N-methyl/N-ethyl adjacent to an activating group) is 1. The number of benzene rings is 3. The van der Waals surface area contributed by atoms with E-state index < -0.39 is 0 Å². The number of rotatable bonds is 6. The summed E-state index contributed by atoms with van der Waals surface area (Å²) in [7, 11) is 0. The van der Waals surface area contributed by atoms with Gasteiger partial charge in [0.15, 0.2) is 6.61 Å². The molecule has 2 amide bonds. The molecule has 3 aromatic rings. The highest BCUT2D eigenvalue weighted by molar-refractivity contribution is 6.04. The van der Waals surface area contributed by atoms with Gasteiger partial charge >= 0.3 is 0 Å². The van der Waals surface area contributed by atoms with Crippen molar-refractivity contribution in [1.29, 1.82) is 0 Å². The number of ether oxygens (including phenoxy) is 1. The molecule has 1 fully saturated rings. The van der Waals surface area contributed by atoms with Crippen molar-refractivity contribution in [2.75, 3.05) is 29.5 Å². The molecule has 0 aliphatic carbocycles. The summed E-state index contributed by atoms with van der Waals surface area (Å²) < 4.78 is 5.73. The Kier molecular flexibility index (Phi) is 5.47. The summed E-state index contributed by atoms with van der Waals surface area (Å²) in [5.41, 5.74) is 1.76. The Balaban J connectivity index is 1.45. The van der Waals surface area contributed by atoms with Gasteiger partial charge in [-0.2, -0.15) is 0 Å². The molecular weight excluding hydrogens is 364 g/mol. The van der Waals surface area contributed by atoms with Gasteiger partial charge in [0.2, 0.25) is 5.91 Å². The molecular formula is C24H24N2O3. The van der Waals surface area contributed by atoms with Crippen molar-refractivity contribution in [3.05, 3.63) is 66.7 Å². The first-order valence-electron chi connectivity index (χ1n) is 9.98. The van der Waals surface area contributed by atoms with Crippen molar-refractivity contribution >= 4 is 34.0 Å². The highest BCUT2D eigenvalue weighted by Crippen LogP contribution is 2.27. The number of hydrogen-bond acceptors (Lipinski definition) is 3. The van der Waals surface area contributed by atoms with E-state index in [0.717, 1.165) is 35.1 Å². The van der Waals surface area contributed by atoms with Gasteiger partial charge in [0.05, 0.1) is 5.69 Å². The molecule has 1 aliphatic rings. The topological polar surface area (TPSA) is 49.9 Å². The molecule has 0 spiro atoms. The number of fused-ring (bicyclic) bond motifs is 1. The van der Waals surface area contributed by atoms with Gasteiger partial charge < -0.3 is 14.5 Å². The smallest absolute Gasteiger partial charge is 0.264 e. The zero-order valence-corrected chi connectivity index (χ0v) is 16.5. The lowest BCUT2D eigenvalue weighted by atomic mass is 10.1. The van der Waals surface area contributed by atoms with E-state index in [1.165, 1.54) is 0 Å². The average molecular weight is 388 g/mol. The standard InChI is InChI=1S/C24H24N2O3/c1-2-25(22-10-5-8-18-7-3-4-9-21(18)22)24(28)17-29-20-14-12-19(13-15-20)26-16-6-11-23(26)27/h3-5,7-10,12-15H,2,6,11,16-17H2,1H3. The van der Waals surface area contributed by atoms with E-state index in [1.807, 2.05) is 73.7 Å². The summed E-state index contributed by atoms with van der Waals surface area (Å²) in [6.45, 7) is 3.24. The van der Waals surface area contributed by atoms with Crippen LogP contribution in [0.3, 0.4) is 0 Å². The third-order valence-electron chi connectivity index (χ3n) is 5.26. The number of nitrogens with zero attached hydrogens (tertiary/aromatic N) is 2. The maximum Gasteiger partial charge on any atom is 0.264 e. The Labute approximate surface area is 170 Å². The molecule has 0 bridgehead atoms. The van der Waals surface area contributed by atoms with Gasteiger partial charge in [-0.25, -0.2) is 0 Å². The number of carbonyl (C=O) groups is 2. The monoisotopic (exact) mass is 388 g/mol. The maximum absolute atomic E-state index is 12.9. The molecule has 4 rings (SSSR count). The fourth-order valence-electron chi connectivity index (χ4n) is 3.79. The fourth-order valence-corrected chi connectivity index (χ4v) is 3.79. The van der Waals surface area contributed by atoms with E-state index in [0.29, 0.717) is 18.7 Å². The summed E-state index contributed by atoms with van der Waals surface area (Å²) in [5, 5.41) is 2.15. The van der Waals surface area contributed by atoms with Crippen molar-refractivity contribution in [1.82, 2.24) is 0 Å². The Morgan fingerprint density at radius 3 is 2.52 bits per heavy atom. The summed E-state index contributed by atoms with van der Waals surface area (Å²) in [4.78, 5) is 28.2. The Morgan fingerprint density at radius 1 is 1.03 bits per heavy atom. The van der Waals surface area contributed by atoms with E-state index in [9.17, 15) is 9.59 Å². The minimum absolute atomic E-state index is 0.0426. The number of amides is 2. The van der Waals surface area contributed by atoms with Crippen LogP contribution in [0.2, 0.25) is 0 Å². The van der Waals surface area contributed by atoms with Crippen LogP contribution in [0.15, 0.2) is 66.7 Å². The van der Waals surface area contributed by atoms with Crippen molar-refractivity contribution < 1.29 is 14.3 Å². The van der Waals surface area contributed by atoms with Crippen LogP contribution in [0.1, 0.15) is 19.8 Å². The lowest BCUT2D eigenvalue weighted by Crippen LogP contribution is -2.34. The second kappa shape index (κ2) is 8.35. The predicted octanol–water partition coefficient (Wildman–Crippen LogP) is 4.40. The quantitative estimate of drug-likeness (QED) is 0.629. The van der Waals surface area contributed by atoms with E-state index in [1.54, 1.807) is 9.80 Å². The van der Waals surface area contributed by atoms with E-state index in [-0.39, 0.29) is 18.4 Å². The Morgan fingerprint density at radius 2 is 1.79 bits per heavy atom. The van der Waals surface area contributed by atoms with Crippen LogP contribution in [0, 0.1) is 0 Å². The van der Waals surface area contributed by atoms with Crippen molar-refractivity contribution in [2.24, 2.45) is 0 Å². The zero-order chi connectivity index (χ0) is 20.2. The van der Waals surface area contributed by atoms with E-state index in [4.69, 9.17) is 4.74 Å². The van der Waals surface area contributed by atoms with E-state index >= 15 is 0 Å². The first kappa shape index (κ1) is 19.0. The summed E-state index contributed by atoms with van der Waals surface area (Å²) >= 11 is 0. The highest BCUT2D eigenvalue weighted by atomic mass is 16.5. The number of anilines is 2. The van der Waals surface area contributed by atoms with Crippen LogP contribution >= 0.6 is 0 Å². The average Bonchev–Trinajstić information content (AvgIpc) is 3.19. The van der Waals surface area contributed by atoms with Crippen LogP contribution in [-0.4, -0.2) is 31.5 Å². The van der Waals surface area contributed by atoms with Gasteiger partial charge in [0.25, 0.3) is 5.91 Å². The highest BCUT2D eigenvalue weighted by Gasteiger charge is 2.21. The second-order valence-corrected chi connectivity index (χ2v) is 7.07.